The summed E-state index contributed by atoms with van der Waals surface area (Å²) in [5.41, 5.74) is 0.927. The number of rotatable bonds is 4. The van der Waals surface area contributed by atoms with Gasteiger partial charge in [0.1, 0.15) is 11.7 Å². The van der Waals surface area contributed by atoms with Crippen molar-refractivity contribution in [3.05, 3.63) is 39.3 Å². The number of furan rings is 1. The maximum atomic E-state index is 12.4. The Morgan fingerprint density at radius 2 is 1.92 bits per heavy atom. The first kappa shape index (κ1) is 19.2. The van der Waals surface area contributed by atoms with Crippen LogP contribution in [0.25, 0.3) is 0 Å². The van der Waals surface area contributed by atoms with Crippen LogP contribution in [0.15, 0.2) is 16.5 Å². The van der Waals surface area contributed by atoms with Gasteiger partial charge in [-0.2, -0.15) is 0 Å². The third-order valence-electron chi connectivity index (χ3n) is 4.88. The molecule has 0 radical (unpaired) electrons. The van der Waals surface area contributed by atoms with E-state index in [-0.39, 0.29) is 47.3 Å². The van der Waals surface area contributed by atoms with Crippen LogP contribution in [0, 0.1) is 18.8 Å². The molecular weight excluding hydrogens is 376 g/mol. The first-order valence-corrected chi connectivity index (χ1v) is 8.53. The van der Waals surface area contributed by atoms with Crippen molar-refractivity contribution < 1.29 is 38.0 Å². The van der Waals surface area contributed by atoms with Gasteiger partial charge in [-0.25, -0.2) is 0 Å². The van der Waals surface area contributed by atoms with Crippen LogP contribution in [0.4, 0.5) is 5.88 Å². The van der Waals surface area contributed by atoms with Gasteiger partial charge in [0.15, 0.2) is 11.6 Å². The fourth-order valence-corrected chi connectivity index (χ4v) is 3.90. The van der Waals surface area contributed by atoms with Gasteiger partial charge in [-0.1, -0.05) is 23.2 Å². The molecule has 3 heterocycles. The van der Waals surface area contributed by atoms with Crippen LogP contribution in [-0.4, -0.2) is 36.0 Å². The first-order chi connectivity index (χ1) is 11.9. The molecule has 1 unspecified atom stereocenters. The Balaban J connectivity index is 0.00000196. The Bertz CT molecular complexity index is 869. The zero-order valence-corrected chi connectivity index (χ0v) is 15.6. The number of halogens is 2. The van der Waals surface area contributed by atoms with Crippen LogP contribution in [0.5, 0.6) is 0 Å². The minimum Gasteiger partial charge on any atom is -0.542 e. The maximum absolute atomic E-state index is 12.4. The second-order valence-corrected chi connectivity index (χ2v) is 7.17. The van der Waals surface area contributed by atoms with Crippen LogP contribution < -0.4 is 34.2 Å². The van der Waals surface area contributed by atoms with Gasteiger partial charge in [-0.15, -0.1) is 0 Å². The van der Waals surface area contributed by atoms with Crippen molar-refractivity contribution in [3.8, 4) is 0 Å². The molecule has 0 aromatic carbocycles. The van der Waals surface area contributed by atoms with Crippen molar-refractivity contribution in [1.29, 1.82) is 0 Å². The molecule has 132 valence electrons. The number of carbonyl (C=O) groups excluding carboxylic acids is 2. The zero-order valence-electron chi connectivity index (χ0n) is 14.1. The smallest absolute Gasteiger partial charge is 0.542 e. The summed E-state index contributed by atoms with van der Waals surface area (Å²) < 4.78 is 5.25. The third kappa shape index (κ3) is 3.14. The van der Waals surface area contributed by atoms with Gasteiger partial charge in [0.05, 0.1) is 10.0 Å². The largest absolute Gasteiger partial charge is 1.00 e. The molecule has 1 saturated heterocycles. The number of carbonyl (C=O) groups is 2. The molecule has 2 aromatic rings. The van der Waals surface area contributed by atoms with Crippen molar-refractivity contribution in [2.24, 2.45) is 11.8 Å². The molecule has 1 amide bonds. The topological polar surface area (TPSA) is 101 Å². The number of nitrogens with one attached hydrogen (secondary N) is 2. The van der Waals surface area contributed by atoms with E-state index in [0.29, 0.717) is 41.5 Å². The van der Waals surface area contributed by atoms with Crippen LogP contribution in [0.2, 0.25) is 10.0 Å². The Hall–Kier alpha value is -1.52. The third-order valence-corrected chi connectivity index (χ3v) is 5.82. The Morgan fingerprint density at radius 3 is 2.42 bits per heavy atom. The van der Waals surface area contributed by atoms with E-state index in [4.69, 9.17) is 27.6 Å². The summed E-state index contributed by atoms with van der Waals surface area (Å²) in [6, 6.07) is 3.07. The van der Waals surface area contributed by atoms with Gasteiger partial charge in [0.2, 0.25) is 0 Å². The predicted molar refractivity (Wildman–Crippen MR) is 89.0 cm³/mol. The number of nitrogens with zero attached hydrogens (tertiary/aromatic N) is 1. The van der Waals surface area contributed by atoms with Crippen molar-refractivity contribution in [2.75, 3.05) is 18.0 Å². The van der Waals surface area contributed by atoms with Crippen LogP contribution in [0.3, 0.4) is 0 Å². The fraction of sp³-hybridized carbons (Fsp3) is 0.375. The second kappa shape index (κ2) is 6.89. The molecule has 3 atom stereocenters. The summed E-state index contributed by atoms with van der Waals surface area (Å²) in [6.07, 6.45) is 0. The van der Waals surface area contributed by atoms with Crippen molar-refractivity contribution in [1.82, 2.24) is 10.3 Å². The molecule has 1 saturated carbocycles. The average Bonchev–Trinajstić information content (AvgIpc) is 3.02. The summed E-state index contributed by atoms with van der Waals surface area (Å²) in [6.45, 7) is 3.13. The minimum atomic E-state index is -1.34. The number of amides is 1. The summed E-state index contributed by atoms with van der Waals surface area (Å²) in [5.74, 6) is -0.697. The second-order valence-electron chi connectivity index (χ2n) is 6.41. The van der Waals surface area contributed by atoms with Crippen LogP contribution >= 0.6 is 23.2 Å². The first-order valence-electron chi connectivity index (χ1n) is 7.77. The number of hydrogen-bond donors (Lipinski definition) is 2. The van der Waals surface area contributed by atoms with Gasteiger partial charge in [-0.05, 0) is 13.0 Å². The van der Waals surface area contributed by atoms with Crippen LogP contribution in [-0.2, 0) is 0 Å². The number of carboxylic acid groups (broad SMARTS) is 1. The van der Waals surface area contributed by atoms with Gasteiger partial charge in [-0.3, -0.25) is 4.79 Å². The van der Waals surface area contributed by atoms with Gasteiger partial charge in [0.25, 0.3) is 5.91 Å². The quantitative estimate of drug-likeness (QED) is 0.616. The molecule has 0 spiro atoms. The van der Waals surface area contributed by atoms with E-state index >= 15 is 0 Å². The monoisotopic (exact) mass is 389 g/mol. The molecule has 2 fully saturated rings. The summed E-state index contributed by atoms with van der Waals surface area (Å²) >= 11 is 12.1. The number of anilines is 1. The van der Waals surface area contributed by atoms with E-state index in [1.807, 2.05) is 4.90 Å². The Morgan fingerprint density at radius 1 is 1.27 bits per heavy atom. The molecule has 1 aliphatic heterocycles. The standard InChI is InChI=1S/C16H15Cl2N3O4.Li/c1-6-11(17)12(18)14(19-6)15(22)20-13-7-4-21(5-8(7)13)10-3-2-9(25-10)16(23)24;/h2-3,7-8,13,19H,4-5H2,1H3,(H,20,22)(H,23,24);/q;+1/p-1/t7-,8+,13?;. The van der Waals surface area contributed by atoms with Gasteiger partial charge >= 0.3 is 18.9 Å². The van der Waals surface area contributed by atoms with E-state index in [0.717, 1.165) is 0 Å². The number of aryl methyl sites for hydroxylation is 1. The fourth-order valence-electron chi connectivity index (χ4n) is 3.48. The molecule has 2 N–H and O–H groups in total. The van der Waals surface area contributed by atoms with Gasteiger partial charge < -0.3 is 29.5 Å². The van der Waals surface area contributed by atoms with Crippen molar-refractivity contribution in [3.63, 3.8) is 0 Å². The molecule has 2 aliphatic rings. The SMILES string of the molecule is Cc1[nH]c(C(=O)NC2[C@H]3CN(c4ccc(C(=O)[O-])o4)C[C@@H]23)c(Cl)c1Cl.[Li+]. The summed E-state index contributed by atoms with van der Waals surface area (Å²) in [7, 11) is 0. The Labute approximate surface area is 171 Å². The number of fused-ring (bicyclic) bond motifs is 1. The van der Waals surface area contributed by atoms with Crippen molar-refractivity contribution >= 4 is 41.0 Å². The molecular formula is C16H14Cl2LiN3O4. The number of hydrogen-bond acceptors (Lipinski definition) is 5. The summed E-state index contributed by atoms with van der Waals surface area (Å²) in [4.78, 5) is 28.0. The average molecular weight is 390 g/mol. The van der Waals surface area contributed by atoms with E-state index in [9.17, 15) is 14.7 Å². The molecule has 1 aliphatic carbocycles. The van der Waals surface area contributed by atoms with E-state index in [1.54, 1.807) is 13.0 Å². The van der Waals surface area contributed by atoms with E-state index in [2.05, 4.69) is 10.3 Å². The zero-order chi connectivity index (χ0) is 17.9. The number of H-pyrrole nitrogens is 1. The molecule has 0 bridgehead atoms. The predicted octanol–water partition coefficient (Wildman–Crippen LogP) is -1.54. The van der Waals surface area contributed by atoms with Crippen LogP contribution in [0.1, 0.15) is 26.7 Å². The maximum Gasteiger partial charge on any atom is 1.00 e. The molecule has 10 heteroatoms. The molecule has 4 rings (SSSR count). The minimum absolute atomic E-state index is 0. The van der Waals surface area contributed by atoms with Gasteiger partial charge in [0, 0.05) is 42.7 Å². The summed E-state index contributed by atoms with van der Waals surface area (Å²) in [5, 5.41) is 14.3. The molecule has 2 aromatic heterocycles. The number of aromatic amines is 1. The number of carboxylic acids is 1. The number of piperidine rings is 1. The number of aromatic carboxylic acids is 1. The molecule has 26 heavy (non-hydrogen) atoms. The van der Waals surface area contributed by atoms with Crippen molar-refractivity contribution in [2.45, 2.75) is 13.0 Å². The van der Waals surface area contributed by atoms with E-state index < -0.39 is 5.97 Å². The molecule has 7 nitrogen and oxygen atoms in total. The number of aromatic nitrogens is 1. The Kier molecular flexibility index (Phi) is 5.10. The normalized spacial score (nSPS) is 23.3. The van der Waals surface area contributed by atoms with E-state index in [1.165, 1.54) is 6.07 Å².